The van der Waals surface area contributed by atoms with E-state index < -0.39 is 12.1 Å². The zero-order valence-electron chi connectivity index (χ0n) is 19.9. The molecule has 34 heavy (non-hydrogen) atoms. The zero-order valence-corrected chi connectivity index (χ0v) is 19.9. The number of hydrogen-bond acceptors (Lipinski definition) is 8. The molecule has 2 unspecified atom stereocenters. The third-order valence-electron chi connectivity index (χ3n) is 6.63. The number of amides is 1. The van der Waals surface area contributed by atoms with Gasteiger partial charge in [-0.15, -0.1) is 5.10 Å². The average molecular weight is 468 g/mol. The van der Waals surface area contributed by atoms with E-state index in [0.717, 1.165) is 31.4 Å². The second-order valence-corrected chi connectivity index (χ2v) is 9.69. The van der Waals surface area contributed by atoms with Gasteiger partial charge in [0, 0.05) is 44.0 Å². The second-order valence-electron chi connectivity index (χ2n) is 9.69. The number of β-amino-alcohol motifs (C(OH)–C–C–N with tert-alkyl or cyclic N) is 1. The van der Waals surface area contributed by atoms with Gasteiger partial charge in [-0.3, -0.25) is 4.79 Å². The smallest absolute Gasteiger partial charge is 0.246 e. The lowest BCUT2D eigenvalue weighted by Gasteiger charge is -2.32. The molecular weight excluding hydrogens is 434 g/mol. The largest absolute Gasteiger partial charge is 0.391 e. The Bertz CT molecular complexity index is 1160. The monoisotopic (exact) mass is 467 g/mol. The highest BCUT2D eigenvalue weighted by Gasteiger charge is 2.39. The van der Waals surface area contributed by atoms with Crippen molar-refractivity contribution in [3.05, 3.63) is 30.9 Å². The maximum atomic E-state index is 13.2. The van der Waals surface area contributed by atoms with Gasteiger partial charge >= 0.3 is 0 Å². The van der Waals surface area contributed by atoms with Gasteiger partial charge in [-0.05, 0) is 52.4 Å². The number of aliphatic hydroxyl groups excluding tert-OH is 1. The van der Waals surface area contributed by atoms with E-state index in [2.05, 4.69) is 46.5 Å². The van der Waals surface area contributed by atoms with Gasteiger partial charge < -0.3 is 30.1 Å². The Morgan fingerprint density at radius 3 is 2.91 bits per heavy atom. The van der Waals surface area contributed by atoms with Gasteiger partial charge in [-0.25, -0.2) is 9.50 Å². The first-order valence-electron chi connectivity index (χ1n) is 12.0. The number of aromatic nitrogens is 5. The number of likely N-dealkylation sites (tertiary alicyclic amines) is 1. The number of nitrogens with zero attached hydrogens (tertiary/aromatic N) is 7. The second kappa shape index (κ2) is 9.22. The number of piperidine rings is 1. The van der Waals surface area contributed by atoms with Gasteiger partial charge in [-0.2, -0.15) is 4.98 Å². The van der Waals surface area contributed by atoms with Gasteiger partial charge in [0.1, 0.15) is 17.4 Å². The van der Waals surface area contributed by atoms with Crippen molar-refractivity contribution in [3.8, 4) is 0 Å². The SMILES string of the molecule is CC(C)n1cnc(Nc2nc(N3C[C@@H](O)CC3C(=O)NC3CCCN(C)C3)nn3cccc23)c1. The molecule has 2 saturated heterocycles. The summed E-state index contributed by atoms with van der Waals surface area (Å²) in [6, 6.07) is 3.71. The first kappa shape index (κ1) is 22.6. The van der Waals surface area contributed by atoms with Gasteiger partial charge in [0.05, 0.1) is 12.4 Å². The van der Waals surface area contributed by atoms with Crippen LogP contribution in [0.5, 0.6) is 0 Å². The van der Waals surface area contributed by atoms with E-state index in [4.69, 9.17) is 4.98 Å². The maximum Gasteiger partial charge on any atom is 0.246 e. The van der Waals surface area contributed by atoms with Crippen LogP contribution in [-0.4, -0.2) is 84.9 Å². The quantitative estimate of drug-likeness (QED) is 0.498. The molecule has 3 aromatic rings. The molecule has 1 amide bonds. The first-order valence-corrected chi connectivity index (χ1v) is 12.0. The Morgan fingerprint density at radius 1 is 1.29 bits per heavy atom. The summed E-state index contributed by atoms with van der Waals surface area (Å²) < 4.78 is 3.75. The molecular formula is C23H33N9O2. The predicted molar refractivity (Wildman–Crippen MR) is 129 cm³/mol. The lowest BCUT2D eigenvalue weighted by atomic mass is 10.1. The van der Waals surface area contributed by atoms with Crippen LogP contribution in [0.3, 0.4) is 0 Å². The van der Waals surface area contributed by atoms with Crippen LogP contribution in [0.25, 0.3) is 5.52 Å². The van der Waals surface area contributed by atoms with Crippen LogP contribution in [0.1, 0.15) is 39.2 Å². The summed E-state index contributed by atoms with van der Waals surface area (Å²) in [7, 11) is 2.07. The number of aliphatic hydroxyl groups is 1. The fourth-order valence-corrected chi connectivity index (χ4v) is 4.81. The van der Waals surface area contributed by atoms with Crippen LogP contribution >= 0.6 is 0 Å². The normalized spacial score (nSPS) is 23.7. The highest BCUT2D eigenvalue weighted by Crippen LogP contribution is 2.27. The van der Waals surface area contributed by atoms with Crippen LogP contribution in [-0.2, 0) is 4.79 Å². The number of carbonyl (C=O) groups is 1. The molecule has 5 rings (SSSR count). The summed E-state index contributed by atoms with van der Waals surface area (Å²) in [5, 5.41) is 21.6. The van der Waals surface area contributed by atoms with Crippen molar-refractivity contribution < 1.29 is 9.90 Å². The van der Waals surface area contributed by atoms with E-state index in [0.29, 0.717) is 36.6 Å². The Balaban J connectivity index is 1.41. The van der Waals surface area contributed by atoms with Crippen molar-refractivity contribution in [3.63, 3.8) is 0 Å². The van der Waals surface area contributed by atoms with E-state index >= 15 is 0 Å². The molecule has 0 aliphatic carbocycles. The van der Waals surface area contributed by atoms with Crippen molar-refractivity contribution in [2.75, 3.05) is 36.9 Å². The van der Waals surface area contributed by atoms with Crippen molar-refractivity contribution in [2.24, 2.45) is 0 Å². The third kappa shape index (κ3) is 4.58. The molecule has 11 nitrogen and oxygen atoms in total. The number of nitrogens with one attached hydrogen (secondary N) is 2. The van der Waals surface area contributed by atoms with Crippen molar-refractivity contribution >= 4 is 29.0 Å². The fraction of sp³-hybridized carbons (Fsp3) is 0.565. The summed E-state index contributed by atoms with van der Waals surface area (Å²) in [5.41, 5.74) is 0.800. The summed E-state index contributed by atoms with van der Waals surface area (Å²) >= 11 is 0. The first-order chi connectivity index (χ1) is 16.4. The van der Waals surface area contributed by atoms with Crippen LogP contribution in [0, 0.1) is 0 Å². The van der Waals surface area contributed by atoms with E-state index in [1.54, 1.807) is 10.8 Å². The Labute approximate surface area is 198 Å². The van der Waals surface area contributed by atoms with Crippen molar-refractivity contribution in [1.82, 2.24) is 34.4 Å². The minimum atomic E-state index is -0.619. The molecule has 3 N–H and O–H groups in total. The maximum absolute atomic E-state index is 13.2. The summed E-state index contributed by atoms with van der Waals surface area (Å²) in [4.78, 5) is 26.5. The van der Waals surface area contributed by atoms with Crippen LogP contribution in [0.2, 0.25) is 0 Å². The van der Waals surface area contributed by atoms with E-state index in [1.807, 2.05) is 34.0 Å². The van der Waals surface area contributed by atoms with E-state index in [1.165, 1.54) is 0 Å². The number of anilines is 3. The molecule has 3 atom stereocenters. The van der Waals surface area contributed by atoms with E-state index in [-0.39, 0.29) is 11.9 Å². The molecule has 182 valence electrons. The van der Waals surface area contributed by atoms with Gasteiger partial charge in [0.15, 0.2) is 5.82 Å². The fourth-order valence-electron chi connectivity index (χ4n) is 4.81. The van der Waals surface area contributed by atoms with Gasteiger partial charge in [-0.1, -0.05) is 0 Å². The molecule has 2 aliphatic rings. The molecule has 2 aliphatic heterocycles. The molecule has 11 heteroatoms. The topological polar surface area (TPSA) is 116 Å². The Morgan fingerprint density at radius 2 is 2.15 bits per heavy atom. The van der Waals surface area contributed by atoms with Crippen LogP contribution in [0.4, 0.5) is 17.6 Å². The number of imidazole rings is 1. The summed E-state index contributed by atoms with van der Waals surface area (Å²) in [6.45, 7) is 6.38. The molecule has 3 aromatic heterocycles. The molecule has 0 spiro atoms. The Hall–Kier alpha value is -3.18. The Kier molecular flexibility index (Phi) is 6.13. The van der Waals surface area contributed by atoms with Crippen LogP contribution < -0.4 is 15.5 Å². The minimum absolute atomic E-state index is 0.0850. The zero-order chi connectivity index (χ0) is 23.8. The van der Waals surface area contributed by atoms with Crippen molar-refractivity contribution in [2.45, 2.75) is 57.3 Å². The van der Waals surface area contributed by atoms with Crippen LogP contribution in [0.15, 0.2) is 30.9 Å². The number of likely N-dealkylation sites (N-methyl/N-ethyl adjacent to an activating group) is 1. The molecule has 5 heterocycles. The lowest BCUT2D eigenvalue weighted by molar-refractivity contribution is -0.123. The molecule has 0 bridgehead atoms. The molecule has 0 radical (unpaired) electrons. The lowest BCUT2D eigenvalue weighted by Crippen LogP contribution is -2.52. The minimum Gasteiger partial charge on any atom is -0.391 e. The number of rotatable bonds is 6. The summed E-state index contributed by atoms with van der Waals surface area (Å²) in [5.74, 6) is 1.59. The highest BCUT2D eigenvalue weighted by molar-refractivity contribution is 5.86. The molecule has 2 fully saturated rings. The molecule has 0 aromatic carbocycles. The molecule has 0 saturated carbocycles. The number of carbonyl (C=O) groups excluding carboxylic acids is 1. The number of fused-ring (bicyclic) bond motifs is 1. The number of hydrogen-bond donors (Lipinski definition) is 3. The van der Waals surface area contributed by atoms with Gasteiger partial charge in [0.25, 0.3) is 0 Å². The summed E-state index contributed by atoms with van der Waals surface area (Å²) in [6.07, 6.45) is 7.32. The highest BCUT2D eigenvalue weighted by atomic mass is 16.3. The van der Waals surface area contributed by atoms with Crippen molar-refractivity contribution in [1.29, 1.82) is 0 Å². The standard InChI is InChI=1S/C23H33N9O2/c1-15(2)30-13-20(24-14-30)26-21-18-7-5-9-32(18)28-23(27-21)31-12-17(33)10-19(31)22(34)25-16-6-4-8-29(3)11-16/h5,7,9,13-17,19,33H,4,6,8,10-12H2,1-3H3,(H,25,34)(H,26,27,28)/t16?,17-,19?/m0/s1. The predicted octanol–water partition coefficient (Wildman–Crippen LogP) is 1.40. The van der Waals surface area contributed by atoms with E-state index in [9.17, 15) is 9.90 Å². The average Bonchev–Trinajstić information content (AvgIpc) is 3.53. The third-order valence-corrected chi connectivity index (χ3v) is 6.63. The van der Waals surface area contributed by atoms with Gasteiger partial charge in [0.2, 0.25) is 11.9 Å².